The Labute approximate surface area is 164 Å². The highest BCUT2D eigenvalue weighted by atomic mass is 79.9. The third kappa shape index (κ3) is 4.28. The summed E-state index contributed by atoms with van der Waals surface area (Å²) in [5, 5.41) is 2.51. The first kappa shape index (κ1) is 18.9. The molecule has 1 atom stereocenters. The quantitative estimate of drug-likeness (QED) is 0.748. The van der Waals surface area contributed by atoms with Crippen LogP contribution in [0.2, 0.25) is 0 Å². The van der Waals surface area contributed by atoms with Crippen LogP contribution in [0.3, 0.4) is 0 Å². The maximum absolute atomic E-state index is 12.7. The lowest BCUT2D eigenvalue weighted by atomic mass is 10.1. The van der Waals surface area contributed by atoms with Crippen molar-refractivity contribution in [2.24, 2.45) is 0 Å². The molecule has 1 N–H and O–H groups in total. The molecule has 27 heavy (non-hydrogen) atoms. The van der Waals surface area contributed by atoms with E-state index in [0.29, 0.717) is 17.0 Å². The van der Waals surface area contributed by atoms with Crippen molar-refractivity contribution in [3.8, 4) is 5.75 Å². The summed E-state index contributed by atoms with van der Waals surface area (Å²) in [6.07, 6.45) is -0.837. The van der Waals surface area contributed by atoms with E-state index in [0.717, 1.165) is 4.47 Å². The van der Waals surface area contributed by atoms with Gasteiger partial charge < -0.3 is 19.7 Å². The molecule has 2 amide bonds. The predicted octanol–water partition coefficient (Wildman–Crippen LogP) is 2.15. The number of rotatable bonds is 4. The first-order valence-electron chi connectivity index (χ1n) is 8.20. The monoisotopic (exact) mass is 432 g/mol. The van der Waals surface area contributed by atoms with E-state index < -0.39 is 24.6 Å². The molecule has 7 nitrogen and oxygen atoms in total. The number of likely N-dealkylation sites (N-methyl/N-ethyl adjacent to an activating group) is 1. The number of anilines is 1. The van der Waals surface area contributed by atoms with E-state index >= 15 is 0 Å². The smallest absolute Gasteiger partial charge is 0.338 e. The fourth-order valence-electron chi connectivity index (χ4n) is 2.64. The molecule has 2 aromatic carbocycles. The summed E-state index contributed by atoms with van der Waals surface area (Å²) in [6, 6.07) is 13.5. The Hall–Kier alpha value is -2.87. The Bertz CT molecular complexity index is 869. The molecule has 8 heteroatoms. The van der Waals surface area contributed by atoms with E-state index in [4.69, 9.17) is 9.47 Å². The number of halogens is 1. The molecule has 0 saturated carbocycles. The van der Waals surface area contributed by atoms with Gasteiger partial charge in [-0.15, -0.1) is 0 Å². The van der Waals surface area contributed by atoms with E-state index in [1.54, 1.807) is 48.5 Å². The Balaban J connectivity index is 1.72. The van der Waals surface area contributed by atoms with Gasteiger partial charge in [-0.1, -0.05) is 28.1 Å². The second-order valence-corrected chi connectivity index (χ2v) is 6.69. The lowest BCUT2D eigenvalue weighted by molar-refractivity contribution is -0.128. The van der Waals surface area contributed by atoms with Crippen molar-refractivity contribution in [1.29, 1.82) is 0 Å². The second kappa shape index (κ2) is 8.22. The van der Waals surface area contributed by atoms with Crippen LogP contribution in [0, 0.1) is 0 Å². The molecule has 3 rings (SSSR count). The molecular weight excluding hydrogens is 416 g/mol. The molecule has 0 fully saturated rings. The highest BCUT2D eigenvalue weighted by Gasteiger charge is 2.33. The number of benzene rings is 2. The van der Waals surface area contributed by atoms with Crippen LogP contribution in [0.1, 0.15) is 10.4 Å². The van der Waals surface area contributed by atoms with E-state index in [1.807, 2.05) is 0 Å². The van der Waals surface area contributed by atoms with Crippen LogP contribution in [0.4, 0.5) is 5.69 Å². The van der Waals surface area contributed by atoms with Gasteiger partial charge in [0.1, 0.15) is 5.75 Å². The van der Waals surface area contributed by atoms with Crippen molar-refractivity contribution >= 4 is 39.4 Å². The van der Waals surface area contributed by atoms with Gasteiger partial charge in [-0.2, -0.15) is 0 Å². The highest BCUT2D eigenvalue weighted by Crippen LogP contribution is 2.33. The van der Waals surface area contributed by atoms with Gasteiger partial charge in [0.25, 0.3) is 11.8 Å². The summed E-state index contributed by atoms with van der Waals surface area (Å²) >= 11 is 3.29. The molecule has 0 radical (unpaired) electrons. The minimum atomic E-state index is -0.837. The normalized spacial score (nSPS) is 15.3. The molecule has 2 aromatic rings. The van der Waals surface area contributed by atoms with Crippen LogP contribution in [-0.4, -0.2) is 44.1 Å². The Morgan fingerprint density at radius 2 is 1.89 bits per heavy atom. The third-order valence-electron chi connectivity index (χ3n) is 4.02. The van der Waals surface area contributed by atoms with Gasteiger partial charge >= 0.3 is 5.97 Å². The van der Waals surface area contributed by atoms with E-state index in [2.05, 4.69) is 21.2 Å². The molecule has 1 aliphatic rings. The molecule has 0 spiro atoms. The van der Waals surface area contributed by atoms with E-state index in [9.17, 15) is 14.4 Å². The van der Waals surface area contributed by atoms with Crippen molar-refractivity contribution in [2.45, 2.75) is 6.10 Å². The molecule has 1 heterocycles. The molecule has 1 unspecified atom stereocenters. The average Bonchev–Trinajstić information content (AvgIpc) is 2.70. The number of nitrogens with one attached hydrogen (secondary N) is 1. The van der Waals surface area contributed by atoms with Gasteiger partial charge in [-0.25, -0.2) is 4.79 Å². The van der Waals surface area contributed by atoms with Gasteiger partial charge in [0.05, 0.1) is 17.8 Å². The van der Waals surface area contributed by atoms with Crippen LogP contribution >= 0.6 is 15.9 Å². The van der Waals surface area contributed by atoms with Crippen LogP contribution in [0.5, 0.6) is 5.75 Å². The first-order chi connectivity index (χ1) is 13.0. The number of hydrogen-bond acceptors (Lipinski definition) is 5. The third-order valence-corrected chi connectivity index (χ3v) is 4.55. The zero-order valence-corrected chi connectivity index (χ0v) is 16.1. The lowest BCUT2D eigenvalue weighted by Crippen LogP contribution is -2.51. The maximum atomic E-state index is 12.7. The summed E-state index contributed by atoms with van der Waals surface area (Å²) in [4.78, 5) is 38.1. The molecule has 1 aliphatic heterocycles. The van der Waals surface area contributed by atoms with Crippen molar-refractivity contribution in [3.63, 3.8) is 0 Å². The van der Waals surface area contributed by atoms with Crippen molar-refractivity contribution in [3.05, 3.63) is 58.6 Å². The zero-order chi connectivity index (χ0) is 19.4. The molecular formula is C19H17BrN2O5. The number of hydrogen-bond donors (Lipinski definition) is 1. The topological polar surface area (TPSA) is 84.9 Å². The highest BCUT2D eigenvalue weighted by molar-refractivity contribution is 9.10. The predicted molar refractivity (Wildman–Crippen MR) is 102 cm³/mol. The molecule has 140 valence electrons. The molecule has 0 aliphatic carbocycles. The minimum absolute atomic E-state index is 0.0331. The number of carbonyl (C=O) groups is 3. The first-order valence-corrected chi connectivity index (χ1v) is 8.99. The van der Waals surface area contributed by atoms with Crippen molar-refractivity contribution < 1.29 is 23.9 Å². The standard InChI is InChI=1S/C19H17BrN2O5/c1-21-18(24)16-10-22(14-4-2-3-5-15(14)27-16)17(23)11-26-19(25)12-6-8-13(20)9-7-12/h2-9,16H,10-11H2,1H3,(H,21,24). The summed E-state index contributed by atoms with van der Waals surface area (Å²) < 4.78 is 11.6. The van der Waals surface area contributed by atoms with Crippen LogP contribution in [0.25, 0.3) is 0 Å². The number of fused-ring (bicyclic) bond motifs is 1. The van der Waals surface area contributed by atoms with Crippen LogP contribution in [-0.2, 0) is 14.3 Å². The van der Waals surface area contributed by atoms with Crippen molar-refractivity contribution in [1.82, 2.24) is 5.32 Å². The number of amides is 2. The van der Waals surface area contributed by atoms with Gasteiger partial charge in [0.2, 0.25) is 0 Å². The lowest BCUT2D eigenvalue weighted by Gasteiger charge is -2.33. The second-order valence-electron chi connectivity index (χ2n) is 5.78. The fourth-order valence-corrected chi connectivity index (χ4v) is 2.91. The summed E-state index contributed by atoms with van der Waals surface area (Å²) in [5.74, 6) is -0.954. The van der Waals surface area contributed by atoms with Gasteiger partial charge in [-0.05, 0) is 36.4 Å². The molecule has 0 bridgehead atoms. The number of nitrogens with zero attached hydrogens (tertiary/aromatic N) is 1. The summed E-state index contributed by atoms with van der Waals surface area (Å²) in [5.41, 5.74) is 0.874. The Morgan fingerprint density at radius 3 is 2.59 bits per heavy atom. The van der Waals surface area contributed by atoms with E-state index in [1.165, 1.54) is 11.9 Å². The summed E-state index contributed by atoms with van der Waals surface area (Å²) in [6.45, 7) is -0.408. The van der Waals surface area contributed by atoms with Gasteiger partial charge in [-0.3, -0.25) is 9.59 Å². The minimum Gasteiger partial charge on any atom is -0.477 e. The SMILES string of the molecule is CNC(=O)C1CN(C(=O)COC(=O)c2ccc(Br)cc2)c2ccccc2O1. The maximum Gasteiger partial charge on any atom is 0.338 e. The molecule has 0 saturated heterocycles. The Kier molecular flexibility index (Phi) is 5.75. The Morgan fingerprint density at radius 1 is 1.19 bits per heavy atom. The zero-order valence-electron chi connectivity index (χ0n) is 14.5. The van der Waals surface area contributed by atoms with Crippen LogP contribution < -0.4 is 15.0 Å². The van der Waals surface area contributed by atoms with Crippen molar-refractivity contribution in [2.75, 3.05) is 25.1 Å². The van der Waals surface area contributed by atoms with E-state index in [-0.39, 0.29) is 12.5 Å². The number of carbonyl (C=O) groups excluding carboxylic acids is 3. The number of ether oxygens (including phenoxy) is 2. The fraction of sp³-hybridized carbons (Fsp3) is 0.211. The average molecular weight is 433 g/mol. The number of para-hydroxylation sites is 2. The molecule has 0 aromatic heterocycles. The largest absolute Gasteiger partial charge is 0.477 e. The van der Waals surface area contributed by atoms with Gasteiger partial charge in [0, 0.05) is 11.5 Å². The van der Waals surface area contributed by atoms with Gasteiger partial charge in [0.15, 0.2) is 12.7 Å². The van der Waals surface area contributed by atoms with Crippen LogP contribution in [0.15, 0.2) is 53.0 Å². The summed E-state index contributed by atoms with van der Waals surface area (Å²) in [7, 11) is 1.50. The number of esters is 1.